The van der Waals surface area contributed by atoms with E-state index in [0.29, 0.717) is 5.56 Å². The maximum atomic E-state index is 13.7. The molecule has 0 radical (unpaired) electrons. The zero-order chi connectivity index (χ0) is 25.5. The summed E-state index contributed by atoms with van der Waals surface area (Å²) in [5, 5.41) is 9.39. The molecule has 5 nitrogen and oxygen atoms in total. The van der Waals surface area contributed by atoms with Crippen LogP contribution in [0, 0.1) is 5.82 Å². The first-order valence-corrected chi connectivity index (χ1v) is 9.99. The first-order chi connectivity index (χ1) is 16.3. The SMILES string of the molecule is O=C1c2ccnc(-c3ccc(F)cc3OCC(F)(F)F)c2CN1c1ccc([C@@H](O)C(F)(F)F)cc1. The van der Waals surface area contributed by atoms with Gasteiger partial charge in [-0.3, -0.25) is 9.78 Å². The Kier molecular flexibility index (Phi) is 6.18. The molecule has 12 heteroatoms. The minimum Gasteiger partial charge on any atom is -0.483 e. The summed E-state index contributed by atoms with van der Waals surface area (Å²) in [6, 6.07) is 8.90. The Morgan fingerprint density at radius 3 is 2.31 bits per heavy atom. The highest BCUT2D eigenvalue weighted by Crippen LogP contribution is 2.39. The van der Waals surface area contributed by atoms with Gasteiger partial charge in [-0.2, -0.15) is 26.3 Å². The third-order valence-corrected chi connectivity index (χ3v) is 5.27. The number of rotatable bonds is 5. The average Bonchev–Trinajstić information content (AvgIpc) is 3.13. The van der Waals surface area contributed by atoms with Gasteiger partial charge in [-0.05, 0) is 35.9 Å². The average molecular weight is 500 g/mol. The van der Waals surface area contributed by atoms with Crippen LogP contribution in [0.25, 0.3) is 11.3 Å². The summed E-state index contributed by atoms with van der Waals surface area (Å²) in [5.41, 5.74) is 0.430. The minimum atomic E-state index is -4.86. The van der Waals surface area contributed by atoms with Crippen molar-refractivity contribution in [2.24, 2.45) is 0 Å². The maximum Gasteiger partial charge on any atom is 0.422 e. The van der Waals surface area contributed by atoms with Crippen LogP contribution in [0.5, 0.6) is 5.75 Å². The molecule has 35 heavy (non-hydrogen) atoms. The van der Waals surface area contributed by atoms with E-state index in [4.69, 9.17) is 4.74 Å². The first kappa shape index (κ1) is 24.5. The highest BCUT2D eigenvalue weighted by molar-refractivity contribution is 6.11. The number of halogens is 7. The van der Waals surface area contributed by atoms with E-state index in [-0.39, 0.29) is 29.1 Å². The maximum absolute atomic E-state index is 13.7. The smallest absolute Gasteiger partial charge is 0.422 e. The number of pyridine rings is 1. The minimum absolute atomic E-state index is 0.0331. The van der Waals surface area contributed by atoms with Crippen LogP contribution in [-0.2, 0) is 6.54 Å². The molecule has 0 fully saturated rings. The Hall–Kier alpha value is -3.67. The summed E-state index contributed by atoms with van der Waals surface area (Å²) in [6.45, 7) is -1.77. The van der Waals surface area contributed by atoms with Gasteiger partial charge in [0.25, 0.3) is 5.91 Å². The third kappa shape index (κ3) is 5.06. The lowest BCUT2D eigenvalue weighted by Crippen LogP contribution is -2.23. The lowest BCUT2D eigenvalue weighted by atomic mass is 10.0. The summed E-state index contributed by atoms with van der Waals surface area (Å²) >= 11 is 0. The number of benzene rings is 2. The van der Waals surface area contributed by atoms with Gasteiger partial charge in [-0.25, -0.2) is 4.39 Å². The van der Waals surface area contributed by atoms with E-state index in [9.17, 15) is 40.6 Å². The largest absolute Gasteiger partial charge is 0.483 e. The highest BCUT2D eigenvalue weighted by Gasteiger charge is 2.39. The molecular formula is C23H15F7N2O3. The van der Waals surface area contributed by atoms with Gasteiger partial charge in [0.15, 0.2) is 12.7 Å². The molecule has 1 aliphatic rings. The van der Waals surface area contributed by atoms with Gasteiger partial charge < -0.3 is 14.7 Å². The molecule has 0 saturated heterocycles. The van der Waals surface area contributed by atoms with Crippen LogP contribution in [0.3, 0.4) is 0 Å². The number of aliphatic hydroxyl groups is 1. The van der Waals surface area contributed by atoms with Crippen LogP contribution >= 0.6 is 0 Å². The summed E-state index contributed by atoms with van der Waals surface area (Å²) in [5.74, 6) is -1.77. The molecule has 1 aliphatic heterocycles. The van der Waals surface area contributed by atoms with Crippen LogP contribution < -0.4 is 9.64 Å². The normalized spacial score (nSPS) is 14.7. The molecule has 1 amide bonds. The Bertz CT molecular complexity index is 1260. The zero-order valence-corrected chi connectivity index (χ0v) is 17.5. The fourth-order valence-corrected chi connectivity index (χ4v) is 3.67. The molecule has 0 aliphatic carbocycles. The van der Waals surface area contributed by atoms with Crippen molar-refractivity contribution in [2.45, 2.75) is 25.0 Å². The predicted octanol–water partition coefficient (Wildman–Crippen LogP) is 5.58. The van der Waals surface area contributed by atoms with Crippen molar-refractivity contribution in [3.05, 3.63) is 77.2 Å². The highest BCUT2D eigenvalue weighted by atomic mass is 19.4. The fraction of sp³-hybridized carbons (Fsp3) is 0.217. The van der Waals surface area contributed by atoms with Crippen LogP contribution in [0.4, 0.5) is 36.4 Å². The summed E-state index contributed by atoms with van der Waals surface area (Å²) in [7, 11) is 0. The second kappa shape index (κ2) is 8.84. The van der Waals surface area contributed by atoms with Crippen LogP contribution in [0.2, 0.25) is 0 Å². The van der Waals surface area contributed by atoms with Crippen molar-refractivity contribution in [1.82, 2.24) is 4.98 Å². The van der Waals surface area contributed by atoms with Crippen molar-refractivity contribution in [2.75, 3.05) is 11.5 Å². The number of ether oxygens (including phenoxy) is 1. The van der Waals surface area contributed by atoms with Crippen LogP contribution in [-0.4, -0.2) is 35.0 Å². The number of aliphatic hydroxyl groups excluding tert-OH is 1. The standard InChI is InChI=1S/C23H15F7N2O3/c24-13-3-6-16(18(9-13)35-11-22(25,26)27)19-17-10-32(21(34)15(17)7-8-31-19)14-4-1-12(2-5-14)20(33)23(28,29)30/h1-9,20,33H,10-11H2/t20-/m1/s1. The van der Waals surface area contributed by atoms with Gasteiger partial charge in [-0.15, -0.1) is 0 Å². The second-order valence-corrected chi connectivity index (χ2v) is 7.66. The number of aromatic nitrogens is 1. The van der Waals surface area contributed by atoms with Crippen molar-refractivity contribution >= 4 is 11.6 Å². The molecule has 1 N–H and O–H groups in total. The van der Waals surface area contributed by atoms with Gasteiger partial charge in [0, 0.05) is 34.6 Å². The Labute approximate surface area is 193 Å². The quantitative estimate of drug-likeness (QED) is 0.465. The van der Waals surface area contributed by atoms with Gasteiger partial charge in [0.1, 0.15) is 11.6 Å². The van der Waals surface area contributed by atoms with Gasteiger partial charge in [0.2, 0.25) is 0 Å². The number of anilines is 1. The van der Waals surface area contributed by atoms with Gasteiger partial charge in [-0.1, -0.05) is 12.1 Å². The molecule has 1 aromatic heterocycles. The van der Waals surface area contributed by atoms with Crippen LogP contribution in [0.15, 0.2) is 54.7 Å². The lowest BCUT2D eigenvalue weighted by Gasteiger charge is -2.19. The van der Waals surface area contributed by atoms with Crippen molar-refractivity contribution in [1.29, 1.82) is 0 Å². The van der Waals surface area contributed by atoms with Crippen LogP contribution in [0.1, 0.15) is 27.6 Å². The third-order valence-electron chi connectivity index (χ3n) is 5.27. The zero-order valence-electron chi connectivity index (χ0n) is 17.5. The second-order valence-electron chi connectivity index (χ2n) is 7.66. The van der Waals surface area contributed by atoms with Gasteiger partial charge >= 0.3 is 12.4 Å². The summed E-state index contributed by atoms with van der Waals surface area (Å²) < 4.78 is 94.7. The number of hydrogen-bond donors (Lipinski definition) is 1. The molecule has 2 heterocycles. The topological polar surface area (TPSA) is 62.7 Å². The molecule has 0 saturated carbocycles. The van der Waals surface area contributed by atoms with Crippen molar-refractivity contribution in [3.8, 4) is 17.0 Å². The van der Waals surface area contributed by atoms with E-state index in [2.05, 4.69) is 4.98 Å². The number of hydrogen-bond acceptors (Lipinski definition) is 4. The summed E-state index contributed by atoms with van der Waals surface area (Å²) in [6.07, 6.45) is -11.0. The predicted molar refractivity (Wildman–Crippen MR) is 109 cm³/mol. The number of amides is 1. The van der Waals surface area contributed by atoms with E-state index >= 15 is 0 Å². The summed E-state index contributed by atoms with van der Waals surface area (Å²) in [4.78, 5) is 18.4. The van der Waals surface area contributed by atoms with Gasteiger partial charge in [0.05, 0.1) is 12.2 Å². The molecule has 0 bridgehead atoms. The number of alkyl halides is 6. The van der Waals surface area contributed by atoms with Crippen molar-refractivity contribution < 1.29 is 45.4 Å². The first-order valence-electron chi connectivity index (χ1n) is 9.99. The molecule has 4 rings (SSSR count). The molecular weight excluding hydrogens is 485 g/mol. The number of fused-ring (bicyclic) bond motifs is 1. The van der Waals surface area contributed by atoms with E-state index in [1.807, 2.05) is 0 Å². The van der Waals surface area contributed by atoms with E-state index in [0.717, 1.165) is 24.3 Å². The molecule has 0 spiro atoms. The number of carbonyl (C=O) groups is 1. The Balaban J connectivity index is 1.67. The molecule has 2 aromatic carbocycles. The number of carbonyl (C=O) groups excluding carboxylic acids is 1. The molecule has 1 atom stereocenters. The molecule has 0 unspecified atom stereocenters. The van der Waals surface area contributed by atoms with E-state index < -0.39 is 48.1 Å². The monoisotopic (exact) mass is 500 g/mol. The lowest BCUT2D eigenvalue weighted by molar-refractivity contribution is -0.206. The molecule has 3 aromatic rings. The van der Waals surface area contributed by atoms with E-state index in [1.54, 1.807) is 0 Å². The fourth-order valence-electron chi connectivity index (χ4n) is 3.67. The molecule has 184 valence electrons. The number of nitrogens with zero attached hydrogens (tertiary/aromatic N) is 2. The Morgan fingerprint density at radius 2 is 1.69 bits per heavy atom. The van der Waals surface area contributed by atoms with E-state index in [1.165, 1.54) is 35.4 Å². The van der Waals surface area contributed by atoms with Crippen molar-refractivity contribution in [3.63, 3.8) is 0 Å². The Morgan fingerprint density at radius 1 is 1.00 bits per heavy atom.